The number of hydrogen-bond acceptors (Lipinski definition) is 4. The highest BCUT2D eigenvalue weighted by Gasteiger charge is 1.67. The third-order valence-corrected chi connectivity index (χ3v) is 4.24. The molecule has 5 nitrogen and oxygen atoms in total. The molecule has 0 saturated carbocycles. The molecular formula is H18O5Si6. The zero-order chi connectivity index (χ0) is 8.24. The van der Waals surface area contributed by atoms with E-state index in [1.54, 1.807) is 0 Å². The first-order chi connectivity index (χ1) is 4.83. The number of rotatable bonds is 4. The molecule has 0 aliphatic carbocycles. The Bertz CT molecular complexity index is 32.0. The van der Waals surface area contributed by atoms with Gasteiger partial charge in [-0.1, -0.05) is 0 Å². The molecule has 0 aromatic carbocycles. The van der Waals surface area contributed by atoms with Crippen molar-refractivity contribution in [1.82, 2.24) is 0 Å². The predicted molar refractivity (Wildman–Crippen MR) is 64.8 cm³/mol. The van der Waals surface area contributed by atoms with Gasteiger partial charge in [-0.25, -0.2) is 0 Å². The molecule has 0 amide bonds. The molecular weight excluding hydrogens is 249 g/mol. The molecule has 2 N–H and O–H groups in total. The van der Waals surface area contributed by atoms with Crippen molar-refractivity contribution in [2.45, 2.75) is 0 Å². The van der Waals surface area contributed by atoms with E-state index in [4.69, 9.17) is 16.5 Å². The lowest BCUT2D eigenvalue weighted by Crippen LogP contribution is -1.96. The Balaban J connectivity index is -0.000000107. The van der Waals surface area contributed by atoms with Gasteiger partial charge in [0.05, 0.1) is 0 Å². The molecule has 0 radical (unpaired) electrons. The Morgan fingerprint density at radius 3 is 0.818 bits per heavy atom. The molecule has 72 valence electrons. The van der Waals surface area contributed by atoms with Crippen LogP contribution in [0, 0.1) is 0 Å². The van der Waals surface area contributed by atoms with Crippen LogP contribution in [-0.4, -0.2) is 67.4 Å². The Kier molecular flexibility index (Phi) is 36.8. The van der Waals surface area contributed by atoms with E-state index in [0.717, 1.165) is 41.9 Å². The van der Waals surface area contributed by atoms with E-state index in [9.17, 15) is 0 Å². The van der Waals surface area contributed by atoms with Crippen LogP contribution < -0.4 is 0 Å². The summed E-state index contributed by atoms with van der Waals surface area (Å²) in [6, 6.07) is 0. The van der Waals surface area contributed by atoms with E-state index >= 15 is 0 Å². The molecule has 0 heterocycles. The first kappa shape index (κ1) is 18.0. The summed E-state index contributed by atoms with van der Waals surface area (Å²) in [6.45, 7) is 0. The van der Waals surface area contributed by atoms with Crippen LogP contribution in [0.1, 0.15) is 0 Å². The van der Waals surface area contributed by atoms with Crippen molar-refractivity contribution < 1.29 is 21.9 Å². The van der Waals surface area contributed by atoms with E-state index < -0.39 is 20.0 Å². The molecule has 0 aliphatic heterocycles. The SMILES string of the molecule is O.[SiH3]O[SiH2]O[SiH3].[SiH3]O[SiH2]O[SiH3]. The van der Waals surface area contributed by atoms with E-state index in [-0.39, 0.29) is 5.48 Å². The zero-order valence-electron chi connectivity index (χ0n) is 7.55. The molecule has 0 aliphatic rings. The Hall–Kier alpha value is 1.10. The third-order valence-electron chi connectivity index (χ3n) is 0.471. The van der Waals surface area contributed by atoms with Gasteiger partial charge in [0.2, 0.25) is 0 Å². The molecule has 0 aromatic rings. The van der Waals surface area contributed by atoms with Gasteiger partial charge in [-0.3, -0.25) is 0 Å². The summed E-state index contributed by atoms with van der Waals surface area (Å²) in [6.07, 6.45) is 0. The lowest BCUT2D eigenvalue weighted by atomic mass is 15.8. The van der Waals surface area contributed by atoms with Crippen molar-refractivity contribution in [3.8, 4) is 0 Å². The van der Waals surface area contributed by atoms with E-state index in [1.807, 2.05) is 0 Å². The van der Waals surface area contributed by atoms with E-state index in [1.165, 1.54) is 0 Å². The van der Waals surface area contributed by atoms with Crippen LogP contribution in [0.3, 0.4) is 0 Å². The summed E-state index contributed by atoms with van der Waals surface area (Å²) in [5.74, 6) is 0. The second-order valence-electron chi connectivity index (χ2n) is 1.39. The van der Waals surface area contributed by atoms with E-state index in [2.05, 4.69) is 0 Å². The topological polar surface area (TPSA) is 68.4 Å². The smallest absolute Gasteiger partial charge is 0.282 e. The van der Waals surface area contributed by atoms with Crippen LogP contribution in [0.4, 0.5) is 0 Å². The van der Waals surface area contributed by atoms with Gasteiger partial charge in [0.15, 0.2) is 0 Å². The minimum Gasteiger partial charge on any atom is -0.449 e. The molecule has 11 heteroatoms. The molecule has 11 heavy (non-hydrogen) atoms. The van der Waals surface area contributed by atoms with Crippen LogP contribution in [-0.2, 0) is 16.5 Å². The fraction of sp³-hybridized carbons (Fsp3) is 0. The van der Waals surface area contributed by atoms with Crippen molar-refractivity contribution in [2.75, 3.05) is 0 Å². The molecule has 0 saturated heterocycles. The van der Waals surface area contributed by atoms with Gasteiger partial charge in [0, 0.05) is 0 Å². The second kappa shape index (κ2) is 22.5. The van der Waals surface area contributed by atoms with Gasteiger partial charge in [-0.2, -0.15) is 0 Å². The maximum absolute atomic E-state index is 4.78. The lowest BCUT2D eigenvalue weighted by Gasteiger charge is -1.87. The van der Waals surface area contributed by atoms with E-state index in [0.29, 0.717) is 0 Å². The highest BCUT2D eigenvalue weighted by Crippen LogP contribution is 1.52. The number of hydrogen-bond donors (Lipinski definition) is 0. The fourth-order valence-corrected chi connectivity index (χ4v) is 6.36. The average Bonchev–Trinajstić information content (AvgIpc) is 1.93. The van der Waals surface area contributed by atoms with Crippen LogP contribution in [0.5, 0.6) is 0 Å². The van der Waals surface area contributed by atoms with Crippen molar-refractivity contribution in [3.63, 3.8) is 0 Å². The molecule has 0 spiro atoms. The average molecular weight is 267 g/mol. The minimum absolute atomic E-state index is 0. The Morgan fingerprint density at radius 1 is 0.636 bits per heavy atom. The maximum atomic E-state index is 4.78. The fourth-order valence-electron chi connectivity index (χ4n) is 0.236. The molecule has 0 atom stereocenters. The maximum Gasteiger partial charge on any atom is 0.282 e. The van der Waals surface area contributed by atoms with Gasteiger partial charge >= 0.3 is 0 Å². The molecule has 0 fully saturated rings. The first-order valence-electron chi connectivity index (χ1n) is 2.79. The Labute approximate surface area is 84.1 Å². The monoisotopic (exact) mass is 266 g/mol. The molecule has 0 bridgehead atoms. The highest BCUT2D eigenvalue weighted by molar-refractivity contribution is 6.33. The van der Waals surface area contributed by atoms with Crippen LogP contribution >= 0.6 is 0 Å². The summed E-state index contributed by atoms with van der Waals surface area (Å²) in [4.78, 5) is 0. The quantitative estimate of drug-likeness (QED) is 0.474. The van der Waals surface area contributed by atoms with Gasteiger partial charge in [0.25, 0.3) is 20.0 Å². The summed E-state index contributed by atoms with van der Waals surface area (Å²) in [5.41, 5.74) is 0. The zero-order valence-corrected chi connectivity index (χ0v) is 18.4. The summed E-state index contributed by atoms with van der Waals surface area (Å²) in [5, 5.41) is 0. The predicted octanol–water partition coefficient (Wildman–Crippen LogP) is -7.67. The third kappa shape index (κ3) is 35.3. The molecule has 0 unspecified atom stereocenters. The lowest BCUT2D eigenvalue weighted by molar-refractivity contribution is 0.513. The van der Waals surface area contributed by atoms with Crippen LogP contribution in [0.2, 0.25) is 0 Å². The van der Waals surface area contributed by atoms with Gasteiger partial charge in [-0.15, -0.1) is 0 Å². The highest BCUT2D eigenvalue weighted by atomic mass is 28.3. The van der Waals surface area contributed by atoms with Crippen molar-refractivity contribution in [2.24, 2.45) is 0 Å². The summed E-state index contributed by atoms with van der Waals surface area (Å²) < 4.78 is 19.1. The minimum atomic E-state index is -0.444. The largest absolute Gasteiger partial charge is 0.449 e. The Morgan fingerprint density at radius 2 is 0.818 bits per heavy atom. The molecule has 0 aromatic heterocycles. The second-order valence-corrected chi connectivity index (χ2v) is 11.1. The van der Waals surface area contributed by atoms with Gasteiger partial charge in [-0.05, 0) is 0 Å². The summed E-state index contributed by atoms with van der Waals surface area (Å²) >= 11 is 0. The standard InChI is InChI=1S/2H8O2Si3.H2O/c2*3-1-5-2-4;/h2*5H2,3-4H3;1H2. The van der Waals surface area contributed by atoms with Crippen LogP contribution in [0.25, 0.3) is 0 Å². The van der Waals surface area contributed by atoms with Crippen molar-refractivity contribution in [3.05, 3.63) is 0 Å². The first-order valence-corrected chi connectivity index (χ1v) is 8.36. The normalized spacial score (nSPS) is 10.9. The van der Waals surface area contributed by atoms with Gasteiger partial charge < -0.3 is 21.9 Å². The van der Waals surface area contributed by atoms with Crippen LogP contribution in [0.15, 0.2) is 0 Å². The van der Waals surface area contributed by atoms with Crippen molar-refractivity contribution in [1.29, 1.82) is 0 Å². The van der Waals surface area contributed by atoms with Crippen molar-refractivity contribution >= 4 is 62.0 Å². The summed E-state index contributed by atoms with van der Waals surface area (Å²) in [7, 11) is 2.54. The molecule has 0 rings (SSSR count). The van der Waals surface area contributed by atoms with Gasteiger partial charge in [0.1, 0.15) is 41.9 Å².